The molecule has 0 aliphatic heterocycles. The van der Waals surface area contributed by atoms with Crippen LogP contribution in [0.15, 0.2) is 277 Å². The first-order valence-electron chi connectivity index (χ1n) is 36.7. The van der Waals surface area contributed by atoms with Crippen LogP contribution in [0, 0.1) is 34.1 Å². The maximum Gasteiger partial charge on any atom is 0.288 e. The van der Waals surface area contributed by atoms with E-state index >= 15 is 0 Å². The highest BCUT2D eigenvalue weighted by Crippen LogP contribution is 2.37. The highest BCUT2D eigenvalue weighted by atomic mass is 35.5. The van der Waals surface area contributed by atoms with E-state index in [-0.39, 0.29) is 69.0 Å². The lowest BCUT2D eigenvalue weighted by Crippen LogP contribution is -1.97. The van der Waals surface area contributed by atoms with Crippen molar-refractivity contribution in [2.45, 2.75) is 27.1 Å². The van der Waals surface area contributed by atoms with Gasteiger partial charge in [0.1, 0.15) is 5.02 Å². The number of nitrogens with zero attached hydrogens (tertiary/aromatic N) is 12. The lowest BCUT2D eigenvalue weighted by molar-refractivity contribution is -0.385. The van der Waals surface area contributed by atoms with Crippen molar-refractivity contribution in [2.75, 3.05) is 0 Å². The fraction of sp³-hybridized carbons (Fsp3) is 0.0455. The van der Waals surface area contributed by atoms with Crippen LogP contribution >= 0.6 is 79.9 Å². The fourth-order valence-corrected chi connectivity index (χ4v) is 16.6. The number of halogens is 2. The molecule has 0 saturated carbocycles. The summed E-state index contributed by atoms with van der Waals surface area (Å²) in [7, 11) is 0. The van der Waals surface area contributed by atoms with Gasteiger partial charge in [-0.25, -0.2) is 24.9 Å². The van der Waals surface area contributed by atoms with Crippen molar-refractivity contribution in [1.29, 1.82) is 0 Å². The molecule has 0 fully saturated rings. The predicted molar refractivity (Wildman–Crippen MR) is 474 cm³/mol. The van der Waals surface area contributed by atoms with Crippen LogP contribution in [0.3, 0.4) is 0 Å². The number of nitro groups is 2. The molecule has 28 nitrogen and oxygen atoms in total. The number of aromatic amines is 1. The van der Waals surface area contributed by atoms with Gasteiger partial charge in [-0.05, 0) is 165 Å². The average Bonchev–Trinajstić information content (AvgIpc) is 1.65. The second-order valence-electron chi connectivity index (χ2n) is 26.2. The van der Waals surface area contributed by atoms with Crippen molar-refractivity contribution < 1.29 is 61.7 Å². The number of carbonyl (C=O) groups excluding carboxylic acids is 5. The van der Waals surface area contributed by atoms with Crippen molar-refractivity contribution in [3.63, 3.8) is 0 Å². The molecule has 0 radical (unpaired) electrons. The number of H-pyrrole nitrogens is 1. The van der Waals surface area contributed by atoms with Gasteiger partial charge in [0.15, 0.2) is 47.8 Å². The van der Waals surface area contributed by atoms with Gasteiger partial charge in [-0.15, -0.1) is 56.7 Å². The summed E-state index contributed by atoms with van der Waals surface area (Å²) in [5.41, 5.74) is 11.6. The number of thiazole rings is 5. The number of aryl methyl sites for hydroxylation is 2. The first-order valence-corrected chi connectivity index (χ1v) is 41.8. The molecular formula is C88H61Cl2N13O15S5. The van der Waals surface area contributed by atoms with E-state index < -0.39 is 16.5 Å². The molecule has 35 heteroatoms. The number of nitrogens with one attached hydrogen (secondary N) is 1. The van der Waals surface area contributed by atoms with Gasteiger partial charge in [-0.3, -0.25) is 66.2 Å². The van der Waals surface area contributed by atoms with Gasteiger partial charge in [0, 0.05) is 103 Å². The monoisotopic (exact) mass is 1770 g/mol. The molecule has 0 aliphatic rings. The van der Waals surface area contributed by atoms with E-state index in [2.05, 4.69) is 29.9 Å². The molecule has 0 bridgehead atoms. The van der Waals surface area contributed by atoms with Crippen LogP contribution in [0.2, 0.25) is 10.0 Å². The van der Waals surface area contributed by atoms with Crippen LogP contribution in [0.1, 0.15) is 103 Å². The normalized spacial score (nSPS) is 11.5. The minimum atomic E-state index is -0.541. The molecule has 0 atom stereocenters. The summed E-state index contributed by atoms with van der Waals surface area (Å²) in [5.74, 6) is 0.0330. The third kappa shape index (κ3) is 18.9. The Morgan fingerprint density at radius 3 is 1.20 bits per heavy atom. The predicted octanol–water partition coefficient (Wildman–Crippen LogP) is 21.6. The van der Waals surface area contributed by atoms with E-state index in [0.29, 0.717) is 66.1 Å². The summed E-state index contributed by atoms with van der Waals surface area (Å²) in [4.78, 5) is 113. The van der Waals surface area contributed by atoms with E-state index in [1.807, 2.05) is 145 Å². The van der Waals surface area contributed by atoms with Crippen LogP contribution in [0.25, 0.3) is 100 Å². The van der Waals surface area contributed by atoms with Crippen molar-refractivity contribution in [3.8, 4) is 45.0 Å². The van der Waals surface area contributed by atoms with Crippen LogP contribution < -0.4 is 0 Å². The number of rotatable bonds is 23. The second kappa shape index (κ2) is 37.8. The number of allylic oxidation sites excluding steroid dienone is 5. The van der Waals surface area contributed by atoms with Gasteiger partial charge in [0.25, 0.3) is 11.4 Å². The molecule has 0 aliphatic carbocycles. The number of nitro benzene ring substituents is 2. The number of benzene rings is 4. The summed E-state index contributed by atoms with van der Waals surface area (Å²) < 4.78 is 30.0. The molecule has 3 N–H and O–H groups in total. The lowest BCUT2D eigenvalue weighted by Gasteiger charge is -2.04. The molecule has 123 heavy (non-hydrogen) atoms. The van der Waals surface area contributed by atoms with Crippen LogP contribution in [0.5, 0.6) is 0 Å². The highest BCUT2D eigenvalue weighted by molar-refractivity contribution is 7.17. The lowest BCUT2D eigenvalue weighted by atomic mass is 10.1. The van der Waals surface area contributed by atoms with Gasteiger partial charge >= 0.3 is 0 Å². The number of fused-ring (bicyclic) bond motifs is 5. The summed E-state index contributed by atoms with van der Waals surface area (Å²) in [6.07, 6.45) is 33.0. The number of aliphatic hydroxyl groups is 2. The van der Waals surface area contributed by atoms with Gasteiger partial charge in [-0.2, -0.15) is 0 Å². The zero-order chi connectivity index (χ0) is 85.8. The van der Waals surface area contributed by atoms with Crippen LogP contribution in [-0.2, 0) is 13.2 Å². The second-order valence-corrected chi connectivity index (χ2v) is 31.8. The van der Waals surface area contributed by atoms with E-state index in [4.69, 9.17) is 40.9 Å². The maximum absolute atomic E-state index is 12.2. The third-order valence-electron chi connectivity index (χ3n) is 18.4. The number of carbonyl (C=O) groups is 5. The Morgan fingerprint density at radius 2 is 0.821 bits per heavy atom. The van der Waals surface area contributed by atoms with Crippen LogP contribution in [-0.4, -0.2) is 101 Å². The van der Waals surface area contributed by atoms with E-state index in [0.717, 1.165) is 65.7 Å². The molecule has 0 amide bonds. The van der Waals surface area contributed by atoms with Gasteiger partial charge in [0.05, 0.1) is 116 Å². The molecule has 19 rings (SSSR count). The number of aliphatic hydroxyl groups excluding tert-OH is 2. The quantitative estimate of drug-likeness (QED) is 0.0232. The largest absolute Gasteiger partial charge is 0.461 e. The number of hydrogen-bond acceptors (Lipinski definition) is 25. The van der Waals surface area contributed by atoms with Gasteiger partial charge in [-0.1, -0.05) is 71.7 Å². The summed E-state index contributed by atoms with van der Waals surface area (Å²) >= 11 is 19.4. The molecule has 4 aromatic carbocycles. The molecule has 0 unspecified atom stereocenters. The summed E-state index contributed by atoms with van der Waals surface area (Å²) in [5, 5.41) is 49.4. The number of hydrogen-bond donors (Lipinski definition) is 3. The Kier molecular flexibility index (Phi) is 25.7. The fourth-order valence-electron chi connectivity index (χ4n) is 12.5. The Labute approximate surface area is 724 Å². The molecular weight excluding hydrogens is 1710 g/mol. The molecule has 15 heterocycles. The zero-order valence-electron chi connectivity index (χ0n) is 64.0. The van der Waals surface area contributed by atoms with Gasteiger partial charge < -0.3 is 32.9 Å². The standard InChI is InChI=1S/C19H13N3O5S.C19H14N2O3S.C18H10ClN3O4S.C18H11ClN2O2S.C14H13N3OS/c23-11-13-4-3-12(10-15(13)22(25)26)18-14(21-7-9-28-19(21)20-18)5-6-16(24)17-2-1-8-27-17;22-12-13-3-5-14(6-4-13)18-15(21-9-11-25-19(21)20-18)7-8-16(23)17-2-1-10-24-17;19-12-4-3-11(10-14(12)22(24)25)17-13(21-7-9-27-18(21)20-17)5-6-15(23)16-2-1-8-26-16;19-13-5-3-12(4-6-13)17-14(21-9-11-24-18(21)20-17)7-8-15(22)16-2-1-10-23-16;1-9-8-17-12(10(2)16-14(17)19-9)5-6-13(18)11-4-3-7-15-11/h1-10,23H,11H2;1-11,22H,12H2;1-10H;1-11H;3-8,15H,1-2H3/b6-5+;8-7+;6-5+;8-7+;6-5+. The van der Waals surface area contributed by atoms with Crippen molar-refractivity contribution in [1.82, 2.24) is 51.9 Å². The average molecular weight is 1770 g/mol. The summed E-state index contributed by atoms with van der Waals surface area (Å²) in [6, 6.07) is 40.7. The minimum Gasteiger partial charge on any atom is -0.461 e. The van der Waals surface area contributed by atoms with Crippen molar-refractivity contribution in [3.05, 3.63) is 369 Å². The number of ketones is 5. The summed E-state index contributed by atoms with van der Waals surface area (Å²) in [6.45, 7) is 3.57. The van der Waals surface area contributed by atoms with Crippen molar-refractivity contribution >= 4 is 175 Å². The molecule has 15 aromatic heterocycles. The Balaban J connectivity index is 0.000000120. The molecule has 0 spiro atoms. The smallest absolute Gasteiger partial charge is 0.288 e. The van der Waals surface area contributed by atoms with Crippen molar-refractivity contribution in [2.24, 2.45) is 0 Å². The molecule has 612 valence electrons. The third-order valence-corrected chi connectivity index (χ3v) is 22.9. The van der Waals surface area contributed by atoms with E-state index in [9.17, 15) is 54.4 Å². The number of imidazole rings is 5. The van der Waals surface area contributed by atoms with E-state index in [1.165, 1.54) is 113 Å². The number of aromatic nitrogens is 11. The Hall–Kier alpha value is -14.5. The molecule has 19 aromatic rings. The van der Waals surface area contributed by atoms with Gasteiger partial charge in [0.2, 0.25) is 28.9 Å². The van der Waals surface area contributed by atoms with E-state index in [1.54, 1.807) is 130 Å². The van der Waals surface area contributed by atoms with Crippen LogP contribution in [0.4, 0.5) is 11.4 Å². The minimum absolute atomic E-state index is 0.00295. The Morgan fingerprint density at radius 1 is 0.439 bits per heavy atom. The highest BCUT2D eigenvalue weighted by Gasteiger charge is 2.24. The Bertz CT molecular complexity index is 7210. The number of furan rings is 4. The zero-order valence-corrected chi connectivity index (χ0v) is 69.6. The first-order chi connectivity index (χ1) is 59.7. The maximum atomic E-state index is 12.2. The molecule has 0 saturated heterocycles. The first kappa shape index (κ1) is 83.5. The SMILES string of the molecule is Cc1cn2c(/C=C/C(=O)c3ccc[nH]3)c(C)nc2s1.O=C(/C=C/c1c(-c2ccc(CO)c([N+](=O)[O-])c2)nc2sccn12)c1ccco1.O=C(/C=C/c1c(-c2ccc(CO)cc2)nc2sccn12)c1ccco1.O=C(/C=C/c1c(-c2ccc(Cl)c([N+](=O)[O-])c2)nc2sccn12)c1ccco1.O=C(/C=C/c1c(-c2ccc(Cl)cc2)nc2sccn12)c1ccco1. The topological polar surface area (TPSA) is 367 Å².